The van der Waals surface area contributed by atoms with Crippen LogP contribution < -0.4 is 19.8 Å². The molecule has 3 aromatic rings. The van der Waals surface area contributed by atoms with Crippen LogP contribution in [-0.4, -0.2) is 31.4 Å². The van der Waals surface area contributed by atoms with E-state index in [1.54, 1.807) is 36.4 Å². The first-order valence-corrected chi connectivity index (χ1v) is 8.29. The molecular weight excluding hydrogens is 360 g/mol. The molecule has 0 spiro atoms. The van der Waals surface area contributed by atoms with Gasteiger partial charge in [0.1, 0.15) is 11.6 Å². The van der Waals surface area contributed by atoms with E-state index in [1.165, 1.54) is 27.4 Å². The van der Waals surface area contributed by atoms with Gasteiger partial charge in [-0.3, -0.25) is 4.79 Å². The summed E-state index contributed by atoms with van der Waals surface area (Å²) in [7, 11) is 4.49. The number of aromatic nitrogens is 1. The van der Waals surface area contributed by atoms with Gasteiger partial charge < -0.3 is 24.3 Å². The quantitative estimate of drug-likeness (QED) is 0.706. The molecule has 7 heteroatoms. The molecule has 0 atom stereocenters. The number of benzene rings is 2. The minimum Gasteiger partial charge on any atom is -0.504 e. The van der Waals surface area contributed by atoms with Crippen LogP contribution in [0.2, 0.25) is 0 Å². The average Bonchev–Trinajstić information content (AvgIpc) is 2.72. The predicted molar refractivity (Wildman–Crippen MR) is 104 cm³/mol. The van der Waals surface area contributed by atoms with Gasteiger partial charge in [-0.15, -0.1) is 0 Å². The van der Waals surface area contributed by atoms with Crippen LogP contribution in [0.1, 0.15) is 5.56 Å². The van der Waals surface area contributed by atoms with Crippen molar-refractivity contribution in [3.63, 3.8) is 0 Å². The van der Waals surface area contributed by atoms with Gasteiger partial charge in [0.15, 0.2) is 23.0 Å². The molecule has 0 saturated carbocycles. The van der Waals surface area contributed by atoms with Crippen molar-refractivity contribution in [3.05, 3.63) is 58.4 Å². The van der Waals surface area contributed by atoms with Gasteiger partial charge in [0.05, 0.1) is 21.3 Å². The van der Waals surface area contributed by atoms with E-state index >= 15 is 0 Å². The highest BCUT2D eigenvalue weighted by molar-refractivity contribution is 5.77. The van der Waals surface area contributed by atoms with Crippen LogP contribution in [-0.2, 0) is 0 Å². The lowest BCUT2D eigenvalue weighted by Crippen LogP contribution is -2.12. The normalized spacial score (nSPS) is 10.2. The first-order valence-electron chi connectivity index (χ1n) is 8.29. The number of aromatic hydroxyl groups is 1. The summed E-state index contributed by atoms with van der Waals surface area (Å²) < 4.78 is 15.7. The number of pyridine rings is 1. The number of nitrogens with zero attached hydrogens (tertiary/aromatic N) is 1. The van der Waals surface area contributed by atoms with Crippen LogP contribution in [0.25, 0.3) is 22.4 Å². The smallest absolute Gasteiger partial charge is 0.266 e. The summed E-state index contributed by atoms with van der Waals surface area (Å²) in [5.74, 6) is 1.29. The topological polar surface area (TPSA) is 105 Å². The molecular formula is C21H18N2O5. The number of phenolic OH excluding ortho intramolecular Hbond substituents is 1. The van der Waals surface area contributed by atoms with Crippen LogP contribution in [0, 0.1) is 11.3 Å². The van der Waals surface area contributed by atoms with Gasteiger partial charge in [-0.05, 0) is 42.0 Å². The Bertz CT molecular complexity index is 1130. The molecule has 0 unspecified atom stereocenters. The molecule has 0 bridgehead atoms. The maximum Gasteiger partial charge on any atom is 0.266 e. The van der Waals surface area contributed by atoms with Gasteiger partial charge in [0.25, 0.3) is 5.56 Å². The molecule has 2 N–H and O–H groups in total. The summed E-state index contributed by atoms with van der Waals surface area (Å²) in [5, 5.41) is 19.3. The van der Waals surface area contributed by atoms with Crippen LogP contribution in [0.5, 0.6) is 23.0 Å². The lowest BCUT2D eigenvalue weighted by Gasteiger charge is -2.12. The molecule has 0 amide bonds. The second kappa shape index (κ2) is 7.76. The zero-order valence-corrected chi connectivity index (χ0v) is 15.6. The fraction of sp³-hybridized carbons (Fsp3) is 0.143. The molecule has 0 radical (unpaired) electrons. The first kappa shape index (κ1) is 18.9. The third-order valence-electron chi connectivity index (χ3n) is 4.33. The van der Waals surface area contributed by atoms with Gasteiger partial charge in [-0.25, -0.2) is 0 Å². The Balaban J connectivity index is 2.22. The van der Waals surface area contributed by atoms with Crippen molar-refractivity contribution in [1.82, 2.24) is 4.98 Å². The number of nitrogens with one attached hydrogen (secondary N) is 1. The first-order chi connectivity index (χ1) is 13.5. The minimum absolute atomic E-state index is 0.0306. The molecule has 0 fully saturated rings. The van der Waals surface area contributed by atoms with E-state index in [9.17, 15) is 15.2 Å². The van der Waals surface area contributed by atoms with Crippen molar-refractivity contribution >= 4 is 0 Å². The van der Waals surface area contributed by atoms with E-state index in [2.05, 4.69) is 4.98 Å². The molecule has 2 aromatic carbocycles. The van der Waals surface area contributed by atoms with Crippen molar-refractivity contribution in [1.29, 1.82) is 5.26 Å². The van der Waals surface area contributed by atoms with Gasteiger partial charge in [0.2, 0.25) is 0 Å². The van der Waals surface area contributed by atoms with Crippen molar-refractivity contribution in [2.75, 3.05) is 21.3 Å². The summed E-state index contributed by atoms with van der Waals surface area (Å²) in [5.41, 5.74) is 1.64. The zero-order valence-electron chi connectivity index (χ0n) is 15.6. The Kier molecular flexibility index (Phi) is 5.23. The number of rotatable bonds is 5. The van der Waals surface area contributed by atoms with Crippen LogP contribution >= 0.6 is 0 Å². The Morgan fingerprint density at radius 3 is 2.18 bits per heavy atom. The van der Waals surface area contributed by atoms with Gasteiger partial charge in [-0.2, -0.15) is 5.26 Å². The lowest BCUT2D eigenvalue weighted by atomic mass is 9.98. The predicted octanol–water partition coefficient (Wildman–Crippen LogP) is 3.31. The standard InChI is InChI=1S/C21H18N2O5/c1-26-18-7-5-13(9-20(18)28-3)16-10-14(15(11-22)21(25)23-16)12-4-6-17(24)19(8-12)27-2/h4-10,24H,1-3H3,(H,23,25). The number of hydrogen-bond acceptors (Lipinski definition) is 6. The molecule has 28 heavy (non-hydrogen) atoms. The Hall–Kier alpha value is -3.92. The van der Waals surface area contributed by atoms with Gasteiger partial charge in [-0.1, -0.05) is 6.07 Å². The second-order valence-electron chi connectivity index (χ2n) is 5.87. The maximum atomic E-state index is 12.5. The third kappa shape index (κ3) is 3.35. The Morgan fingerprint density at radius 2 is 1.54 bits per heavy atom. The largest absolute Gasteiger partial charge is 0.504 e. The van der Waals surface area contributed by atoms with Crippen molar-refractivity contribution < 1.29 is 19.3 Å². The van der Waals surface area contributed by atoms with Crippen molar-refractivity contribution in [3.8, 4) is 51.5 Å². The van der Waals surface area contributed by atoms with Crippen LogP contribution in [0.15, 0.2) is 47.3 Å². The third-order valence-corrected chi connectivity index (χ3v) is 4.33. The number of hydrogen-bond donors (Lipinski definition) is 2. The number of methoxy groups -OCH3 is 3. The minimum atomic E-state index is -0.517. The van der Waals surface area contributed by atoms with Crippen LogP contribution in [0.4, 0.5) is 0 Å². The number of phenols is 1. The van der Waals surface area contributed by atoms with E-state index in [0.717, 1.165) is 0 Å². The molecule has 7 nitrogen and oxygen atoms in total. The van der Waals surface area contributed by atoms with E-state index in [4.69, 9.17) is 14.2 Å². The molecule has 1 heterocycles. The molecule has 3 rings (SSSR count). The fourth-order valence-corrected chi connectivity index (χ4v) is 2.90. The fourth-order valence-electron chi connectivity index (χ4n) is 2.90. The van der Waals surface area contributed by atoms with E-state index in [1.807, 2.05) is 6.07 Å². The lowest BCUT2D eigenvalue weighted by molar-refractivity contribution is 0.355. The second-order valence-corrected chi connectivity index (χ2v) is 5.87. The molecule has 0 aliphatic heterocycles. The highest BCUT2D eigenvalue weighted by Gasteiger charge is 2.15. The Labute approximate surface area is 161 Å². The highest BCUT2D eigenvalue weighted by Crippen LogP contribution is 2.35. The summed E-state index contributed by atoms with van der Waals surface area (Å²) in [6.45, 7) is 0. The van der Waals surface area contributed by atoms with E-state index in [0.29, 0.717) is 33.9 Å². The molecule has 0 aliphatic rings. The summed E-state index contributed by atoms with van der Waals surface area (Å²) in [6.07, 6.45) is 0. The molecule has 0 saturated heterocycles. The van der Waals surface area contributed by atoms with Gasteiger partial charge in [0, 0.05) is 16.8 Å². The summed E-state index contributed by atoms with van der Waals surface area (Å²) in [4.78, 5) is 15.2. The summed E-state index contributed by atoms with van der Waals surface area (Å²) in [6, 6.07) is 13.5. The van der Waals surface area contributed by atoms with Crippen molar-refractivity contribution in [2.45, 2.75) is 0 Å². The van der Waals surface area contributed by atoms with Gasteiger partial charge >= 0.3 is 0 Å². The number of nitriles is 1. The Morgan fingerprint density at radius 1 is 0.893 bits per heavy atom. The number of H-pyrrole nitrogens is 1. The SMILES string of the molecule is COc1cc(-c2cc(-c3ccc(OC)c(OC)c3)[nH]c(=O)c2C#N)ccc1O. The molecule has 1 aromatic heterocycles. The highest BCUT2D eigenvalue weighted by atomic mass is 16.5. The monoisotopic (exact) mass is 378 g/mol. The summed E-state index contributed by atoms with van der Waals surface area (Å²) >= 11 is 0. The number of aromatic amines is 1. The molecule has 142 valence electrons. The van der Waals surface area contributed by atoms with E-state index < -0.39 is 5.56 Å². The molecule has 0 aliphatic carbocycles. The van der Waals surface area contributed by atoms with E-state index in [-0.39, 0.29) is 17.1 Å². The van der Waals surface area contributed by atoms with Crippen molar-refractivity contribution in [2.24, 2.45) is 0 Å². The zero-order chi connectivity index (χ0) is 20.3. The van der Waals surface area contributed by atoms with Crippen LogP contribution in [0.3, 0.4) is 0 Å². The number of ether oxygens (including phenoxy) is 3. The maximum absolute atomic E-state index is 12.5. The average molecular weight is 378 g/mol.